The van der Waals surface area contributed by atoms with Crippen LogP contribution in [0.5, 0.6) is 5.75 Å². The van der Waals surface area contributed by atoms with Crippen LogP contribution in [0, 0.1) is 11.3 Å². The third-order valence-corrected chi connectivity index (χ3v) is 2.76. The number of ether oxygens (including phenoxy) is 1. The van der Waals surface area contributed by atoms with Gasteiger partial charge in [-0.05, 0) is 22.9 Å². The quantitative estimate of drug-likeness (QED) is 0.507. The predicted molar refractivity (Wildman–Crippen MR) is 71.2 cm³/mol. The number of hydrogen-bond acceptors (Lipinski definition) is 4. The first kappa shape index (κ1) is 12.7. The molecule has 0 aromatic heterocycles. The van der Waals surface area contributed by atoms with Gasteiger partial charge in [0.1, 0.15) is 17.4 Å². The summed E-state index contributed by atoms with van der Waals surface area (Å²) in [6.45, 7) is 0. The zero-order chi connectivity index (χ0) is 13.8. The number of carbonyl (C=O) groups excluding carboxylic acids is 1. The topological polar surface area (TPSA) is 70.3 Å². The number of phenols is 1. The molecule has 19 heavy (non-hydrogen) atoms. The Bertz CT molecular complexity index is 711. The molecule has 0 aliphatic heterocycles. The van der Waals surface area contributed by atoms with E-state index in [4.69, 9.17) is 5.26 Å². The maximum atomic E-state index is 11.4. The molecule has 2 aromatic carbocycles. The normalized spacial score (nSPS) is 11.1. The molecule has 0 aliphatic carbocycles. The standard InChI is InChI=1S/C15H11NO3/c1-19-15(18)11(9-16)8-13-12-5-3-2-4-10(12)6-7-14(13)17/h2-8,17H,1H3. The minimum absolute atomic E-state index is 0.00959. The van der Waals surface area contributed by atoms with E-state index in [0.717, 1.165) is 10.8 Å². The molecule has 0 heterocycles. The van der Waals surface area contributed by atoms with Gasteiger partial charge in [-0.3, -0.25) is 0 Å². The average molecular weight is 253 g/mol. The molecule has 0 saturated heterocycles. The molecule has 0 bridgehead atoms. The fourth-order valence-corrected chi connectivity index (χ4v) is 1.83. The van der Waals surface area contributed by atoms with Gasteiger partial charge in [-0.15, -0.1) is 0 Å². The molecule has 0 unspecified atom stereocenters. The van der Waals surface area contributed by atoms with E-state index >= 15 is 0 Å². The van der Waals surface area contributed by atoms with Crippen LogP contribution < -0.4 is 0 Å². The third kappa shape index (κ3) is 2.40. The summed E-state index contributed by atoms with van der Waals surface area (Å²) in [6.07, 6.45) is 1.34. The Morgan fingerprint density at radius 3 is 2.74 bits per heavy atom. The molecule has 4 heteroatoms. The number of aromatic hydroxyl groups is 1. The molecule has 1 N–H and O–H groups in total. The van der Waals surface area contributed by atoms with Gasteiger partial charge in [-0.25, -0.2) is 4.79 Å². The van der Waals surface area contributed by atoms with E-state index in [0.29, 0.717) is 5.56 Å². The van der Waals surface area contributed by atoms with Crippen molar-refractivity contribution in [3.05, 3.63) is 47.5 Å². The van der Waals surface area contributed by atoms with Crippen LogP contribution in [0.15, 0.2) is 42.0 Å². The molecule has 2 aromatic rings. The molecule has 0 saturated carbocycles. The van der Waals surface area contributed by atoms with E-state index in [1.807, 2.05) is 24.3 Å². The summed E-state index contributed by atoms with van der Waals surface area (Å²) in [4.78, 5) is 11.4. The first-order chi connectivity index (χ1) is 9.17. The minimum Gasteiger partial charge on any atom is -0.507 e. The molecular weight excluding hydrogens is 242 g/mol. The lowest BCUT2D eigenvalue weighted by Crippen LogP contribution is -2.02. The van der Waals surface area contributed by atoms with Gasteiger partial charge in [-0.2, -0.15) is 5.26 Å². The summed E-state index contributed by atoms with van der Waals surface area (Å²) in [5.74, 6) is -0.717. The highest BCUT2D eigenvalue weighted by atomic mass is 16.5. The maximum Gasteiger partial charge on any atom is 0.348 e. The third-order valence-electron chi connectivity index (χ3n) is 2.76. The molecule has 0 fully saturated rings. The van der Waals surface area contributed by atoms with Crippen LogP contribution in [0.4, 0.5) is 0 Å². The summed E-state index contributed by atoms with van der Waals surface area (Å²) in [6, 6.07) is 12.5. The monoisotopic (exact) mass is 253 g/mol. The lowest BCUT2D eigenvalue weighted by atomic mass is 10.0. The molecule has 0 radical (unpaired) electrons. The Balaban J connectivity index is 2.69. The smallest absolute Gasteiger partial charge is 0.348 e. The number of benzene rings is 2. The summed E-state index contributed by atoms with van der Waals surface area (Å²) in [5, 5.41) is 20.5. The van der Waals surface area contributed by atoms with Crippen molar-refractivity contribution in [2.45, 2.75) is 0 Å². The molecule has 0 amide bonds. The van der Waals surface area contributed by atoms with Crippen LogP contribution in [0.2, 0.25) is 0 Å². The number of phenolic OH excluding ortho intramolecular Hbond substituents is 1. The molecule has 4 nitrogen and oxygen atoms in total. The van der Waals surface area contributed by atoms with E-state index in [-0.39, 0.29) is 11.3 Å². The van der Waals surface area contributed by atoms with Crippen LogP contribution in [-0.2, 0) is 9.53 Å². The summed E-state index contributed by atoms with van der Waals surface area (Å²) in [7, 11) is 1.20. The lowest BCUT2D eigenvalue weighted by molar-refractivity contribution is -0.135. The average Bonchev–Trinajstić information content (AvgIpc) is 2.45. The van der Waals surface area contributed by atoms with Crippen molar-refractivity contribution >= 4 is 22.8 Å². The van der Waals surface area contributed by atoms with Gasteiger partial charge >= 0.3 is 5.97 Å². The Hall–Kier alpha value is -2.80. The molecule has 0 atom stereocenters. The predicted octanol–water partition coefficient (Wildman–Crippen LogP) is 2.63. The second kappa shape index (κ2) is 5.23. The molecule has 0 spiro atoms. The second-order valence-electron chi connectivity index (χ2n) is 3.88. The Kier molecular flexibility index (Phi) is 3.48. The first-order valence-corrected chi connectivity index (χ1v) is 5.58. The zero-order valence-electron chi connectivity index (χ0n) is 10.3. The van der Waals surface area contributed by atoms with Gasteiger partial charge in [-0.1, -0.05) is 30.3 Å². The van der Waals surface area contributed by atoms with Gasteiger partial charge in [0.15, 0.2) is 0 Å². The van der Waals surface area contributed by atoms with Crippen molar-refractivity contribution in [1.82, 2.24) is 0 Å². The van der Waals surface area contributed by atoms with Crippen LogP contribution in [0.25, 0.3) is 16.8 Å². The van der Waals surface area contributed by atoms with E-state index in [1.165, 1.54) is 19.3 Å². The Morgan fingerprint density at radius 2 is 2.05 bits per heavy atom. The maximum absolute atomic E-state index is 11.4. The summed E-state index contributed by atoms with van der Waals surface area (Å²) in [5.41, 5.74) is 0.272. The number of methoxy groups -OCH3 is 1. The van der Waals surface area contributed by atoms with Crippen molar-refractivity contribution in [3.8, 4) is 11.8 Å². The highest BCUT2D eigenvalue weighted by Crippen LogP contribution is 2.29. The fraction of sp³-hybridized carbons (Fsp3) is 0.0667. The van der Waals surface area contributed by atoms with Crippen molar-refractivity contribution in [3.63, 3.8) is 0 Å². The Morgan fingerprint density at radius 1 is 1.32 bits per heavy atom. The van der Waals surface area contributed by atoms with Crippen molar-refractivity contribution in [2.75, 3.05) is 7.11 Å². The number of nitriles is 1. The number of carbonyl (C=O) groups is 1. The Labute approximate surface area is 110 Å². The van der Waals surface area contributed by atoms with Gasteiger partial charge in [0.05, 0.1) is 7.11 Å². The second-order valence-corrected chi connectivity index (χ2v) is 3.88. The first-order valence-electron chi connectivity index (χ1n) is 5.58. The molecule has 2 rings (SSSR count). The van der Waals surface area contributed by atoms with Gasteiger partial charge in [0, 0.05) is 5.56 Å². The van der Waals surface area contributed by atoms with Gasteiger partial charge in [0.25, 0.3) is 0 Å². The van der Waals surface area contributed by atoms with Crippen molar-refractivity contribution in [1.29, 1.82) is 5.26 Å². The van der Waals surface area contributed by atoms with Crippen molar-refractivity contribution in [2.24, 2.45) is 0 Å². The minimum atomic E-state index is -0.727. The van der Waals surface area contributed by atoms with Gasteiger partial charge in [0.2, 0.25) is 0 Å². The zero-order valence-corrected chi connectivity index (χ0v) is 10.3. The number of esters is 1. The molecule has 0 aliphatic rings. The largest absolute Gasteiger partial charge is 0.507 e. The van der Waals surface area contributed by atoms with E-state index in [1.54, 1.807) is 12.1 Å². The number of nitrogens with zero attached hydrogens (tertiary/aromatic N) is 1. The van der Waals surface area contributed by atoms with Crippen LogP contribution in [-0.4, -0.2) is 18.2 Å². The van der Waals surface area contributed by atoms with Crippen molar-refractivity contribution < 1.29 is 14.6 Å². The summed E-state index contributed by atoms with van der Waals surface area (Å²) >= 11 is 0. The highest BCUT2D eigenvalue weighted by Gasteiger charge is 2.12. The molecular formula is C15H11NO3. The van der Waals surface area contributed by atoms with E-state index in [9.17, 15) is 9.90 Å². The lowest BCUT2D eigenvalue weighted by Gasteiger charge is -2.05. The summed E-state index contributed by atoms with van der Waals surface area (Å²) < 4.78 is 4.52. The van der Waals surface area contributed by atoms with E-state index < -0.39 is 5.97 Å². The van der Waals surface area contributed by atoms with Crippen LogP contribution in [0.3, 0.4) is 0 Å². The number of fused-ring (bicyclic) bond motifs is 1. The fourth-order valence-electron chi connectivity index (χ4n) is 1.83. The molecule has 94 valence electrons. The highest BCUT2D eigenvalue weighted by molar-refractivity contribution is 6.02. The SMILES string of the molecule is COC(=O)C(C#N)=Cc1c(O)ccc2ccccc12. The van der Waals surface area contributed by atoms with Crippen LogP contribution >= 0.6 is 0 Å². The number of rotatable bonds is 2. The van der Waals surface area contributed by atoms with Gasteiger partial charge < -0.3 is 9.84 Å². The number of hydrogen-bond donors (Lipinski definition) is 1. The van der Waals surface area contributed by atoms with Crippen LogP contribution in [0.1, 0.15) is 5.56 Å². The van der Waals surface area contributed by atoms with E-state index in [2.05, 4.69) is 4.74 Å².